The van der Waals surface area contributed by atoms with E-state index in [2.05, 4.69) is 31.8 Å². The highest BCUT2D eigenvalue weighted by atomic mass is 79.9. The van der Waals surface area contributed by atoms with E-state index in [-0.39, 0.29) is 11.3 Å². The van der Waals surface area contributed by atoms with Gasteiger partial charge in [-0.3, -0.25) is 25.4 Å². The van der Waals surface area contributed by atoms with Gasteiger partial charge in [0.2, 0.25) is 0 Å². The number of halogens is 2. The Bertz CT molecular complexity index is 727. The summed E-state index contributed by atoms with van der Waals surface area (Å²) in [6.45, 7) is 1.44. The number of benzene rings is 1. The van der Waals surface area contributed by atoms with Crippen molar-refractivity contribution in [3.8, 4) is 5.75 Å². The van der Waals surface area contributed by atoms with E-state index in [9.17, 15) is 14.0 Å². The molecular formula is C15H13BrFN3O3. The van der Waals surface area contributed by atoms with Gasteiger partial charge in [-0.25, -0.2) is 4.39 Å². The number of hydrazine groups is 1. The summed E-state index contributed by atoms with van der Waals surface area (Å²) in [5, 5.41) is 0. The van der Waals surface area contributed by atoms with Crippen LogP contribution in [-0.2, 0) is 4.79 Å². The Hall–Kier alpha value is -2.48. The van der Waals surface area contributed by atoms with Crippen molar-refractivity contribution in [2.75, 3.05) is 0 Å². The summed E-state index contributed by atoms with van der Waals surface area (Å²) in [5.74, 6) is -1.77. The zero-order valence-corrected chi connectivity index (χ0v) is 13.6. The Labute approximate surface area is 140 Å². The Balaban J connectivity index is 1.89. The van der Waals surface area contributed by atoms with Gasteiger partial charge in [0, 0.05) is 16.9 Å². The summed E-state index contributed by atoms with van der Waals surface area (Å²) >= 11 is 3.19. The number of amides is 2. The summed E-state index contributed by atoms with van der Waals surface area (Å²) in [7, 11) is 0. The molecule has 0 aliphatic rings. The van der Waals surface area contributed by atoms with Crippen LogP contribution in [0.3, 0.4) is 0 Å². The van der Waals surface area contributed by atoms with E-state index in [1.165, 1.54) is 37.5 Å². The molecule has 8 heteroatoms. The molecule has 1 heterocycles. The maximum Gasteiger partial charge on any atom is 0.279 e. The zero-order chi connectivity index (χ0) is 16.8. The lowest BCUT2D eigenvalue weighted by atomic mass is 10.3. The van der Waals surface area contributed by atoms with Crippen molar-refractivity contribution in [2.24, 2.45) is 0 Å². The molecule has 1 aromatic heterocycles. The number of nitrogens with one attached hydrogen (secondary N) is 2. The molecule has 0 spiro atoms. The van der Waals surface area contributed by atoms with Crippen molar-refractivity contribution < 1.29 is 18.7 Å². The third-order valence-corrected chi connectivity index (χ3v) is 3.21. The first-order chi connectivity index (χ1) is 11.0. The fourth-order valence-electron chi connectivity index (χ4n) is 1.61. The average molecular weight is 382 g/mol. The number of hydrogen-bond donors (Lipinski definition) is 2. The second kappa shape index (κ2) is 7.68. The minimum atomic E-state index is -0.993. The topological polar surface area (TPSA) is 80.3 Å². The third-order valence-electron chi connectivity index (χ3n) is 2.78. The molecule has 0 aliphatic heterocycles. The molecule has 0 fully saturated rings. The van der Waals surface area contributed by atoms with Crippen LogP contribution in [-0.4, -0.2) is 22.9 Å². The van der Waals surface area contributed by atoms with Gasteiger partial charge in [0.05, 0.1) is 5.56 Å². The van der Waals surface area contributed by atoms with Crippen molar-refractivity contribution >= 4 is 27.7 Å². The average Bonchev–Trinajstić information content (AvgIpc) is 2.54. The van der Waals surface area contributed by atoms with Gasteiger partial charge in [-0.15, -0.1) is 0 Å². The summed E-state index contributed by atoms with van der Waals surface area (Å²) in [5.41, 5.74) is 4.71. The van der Waals surface area contributed by atoms with Crippen molar-refractivity contribution in [1.29, 1.82) is 0 Å². The third kappa shape index (κ3) is 4.75. The number of para-hydroxylation sites is 1. The molecule has 1 aromatic carbocycles. The minimum Gasteiger partial charge on any atom is -0.478 e. The highest BCUT2D eigenvalue weighted by molar-refractivity contribution is 9.10. The Morgan fingerprint density at radius 1 is 1.26 bits per heavy atom. The van der Waals surface area contributed by atoms with Gasteiger partial charge in [0.15, 0.2) is 17.7 Å². The van der Waals surface area contributed by atoms with Gasteiger partial charge >= 0.3 is 0 Å². The van der Waals surface area contributed by atoms with E-state index >= 15 is 0 Å². The lowest BCUT2D eigenvalue weighted by Gasteiger charge is -2.15. The molecule has 120 valence electrons. The minimum absolute atomic E-state index is 0.0438. The molecule has 2 amide bonds. The van der Waals surface area contributed by atoms with Crippen LogP contribution >= 0.6 is 15.9 Å². The molecule has 2 N–H and O–H groups in total. The molecule has 2 aromatic rings. The van der Waals surface area contributed by atoms with E-state index in [1.54, 1.807) is 12.1 Å². The quantitative estimate of drug-likeness (QED) is 0.795. The second-order valence-electron chi connectivity index (χ2n) is 4.53. The number of rotatable bonds is 4. The zero-order valence-electron chi connectivity index (χ0n) is 12.0. The number of aromatic nitrogens is 1. The maximum atomic E-state index is 13.4. The number of carbonyl (C=O) groups is 2. The second-order valence-corrected chi connectivity index (χ2v) is 5.44. The predicted molar refractivity (Wildman–Crippen MR) is 84.0 cm³/mol. The van der Waals surface area contributed by atoms with Crippen LogP contribution < -0.4 is 15.6 Å². The van der Waals surface area contributed by atoms with E-state index < -0.39 is 23.7 Å². The summed E-state index contributed by atoms with van der Waals surface area (Å²) < 4.78 is 19.3. The SMILES string of the molecule is CC(Oc1ccccc1F)C(=O)NNC(=O)c1cncc(Br)c1. The van der Waals surface area contributed by atoms with E-state index in [0.717, 1.165) is 0 Å². The molecule has 2 rings (SSSR count). The number of hydrogen-bond acceptors (Lipinski definition) is 4. The number of ether oxygens (including phenoxy) is 1. The van der Waals surface area contributed by atoms with Crippen molar-refractivity contribution in [1.82, 2.24) is 15.8 Å². The standard InChI is InChI=1S/C15H13BrFN3O3/c1-9(23-13-5-3-2-4-12(13)17)14(21)19-20-15(22)10-6-11(16)8-18-7-10/h2-9H,1H3,(H,19,21)(H,20,22). The van der Waals surface area contributed by atoms with Gasteiger partial charge < -0.3 is 4.74 Å². The first-order valence-electron chi connectivity index (χ1n) is 6.59. The van der Waals surface area contributed by atoms with Crippen molar-refractivity contribution in [3.63, 3.8) is 0 Å². The smallest absolute Gasteiger partial charge is 0.279 e. The number of pyridine rings is 1. The number of carbonyl (C=O) groups excluding carboxylic acids is 2. The lowest BCUT2D eigenvalue weighted by Crippen LogP contribution is -2.47. The largest absolute Gasteiger partial charge is 0.478 e. The fourth-order valence-corrected chi connectivity index (χ4v) is 1.98. The molecule has 1 unspecified atom stereocenters. The van der Waals surface area contributed by atoms with Gasteiger partial charge in [0.25, 0.3) is 11.8 Å². The maximum absolute atomic E-state index is 13.4. The van der Waals surface area contributed by atoms with Gasteiger partial charge in [0.1, 0.15) is 0 Å². The molecule has 0 saturated heterocycles. The van der Waals surface area contributed by atoms with Gasteiger partial charge in [-0.2, -0.15) is 0 Å². The molecule has 0 saturated carbocycles. The van der Waals surface area contributed by atoms with Crippen LogP contribution in [0.2, 0.25) is 0 Å². The predicted octanol–water partition coefficient (Wildman–Crippen LogP) is 2.21. The molecular weight excluding hydrogens is 369 g/mol. The fraction of sp³-hybridized carbons (Fsp3) is 0.133. The monoisotopic (exact) mass is 381 g/mol. The van der Waals surface area contributed by atoms with Crippen molar-refractivity contribution in [3.05, 3.63) is 58.6 Å². The molecule has 1 atom stereocenters. The normalized spacial score (nSPS) is 11.4. The van der Waals surface area contributed by atoms with Crippen LogP contribution in [0.15, 0.2) is 47.2 Å². The molecule has 23 heavy (non-hydrogen) atoms. The molecule has 0 aliphatic carbocycles. The lowest BCUT2D eigenvalue weighted by molar-refractivity contribution is -0.128. The Kier molecular flexibility index (Phi) is 5.64. The van der Waals surface area contributed by atoms with Gasteiger partial charge in [-0.1, -0.05) is 12.1 Å². The van der Waals surface area contributed by atoms with E-state index in [4.69, 9.17) is 4.74 Å². The van der Waals surface area contributed by atoms with E-state index in [1.807, 2.05) is 0 Å². The molecule has 6 nitrogen and oxygen atoms in total. The van der Waals surface area contributed by atoms with E-state index in [0.29, 0.717) is 4.47 Å². The summed E-state index contributed by atoms with van der Waals surface area (Å²) in [6, 6.07) is 7.28. The van der Waals surface area contributed by atoms with Crippen LogP contribution in [0.5, 0.6) is 5.75 Å². The summed E-state index contributed by atoms with van der Waals surface area (Å²) in [6.07, 6.45) is 1.89. The van der Waals surface area contributed by atoms with Crippen LogP contribution in [0.25, 0.3) is 0 Å². The molecule has 0 bridgehead atoms. The van der Waals surface area contributed by atoms with Crippen molar-refractivity contribution in [2.45, 2.75) is 13.0 Å². The molecule has 0 radical (unpaired) electrons. The van der Waals surface area contributed by atoms with Crippen LogP contribution in [0, 0.1) is 5.82 Å². The Morgan fingerprint density at radius 3 is 2.70 bits per heavy atom. The first kappa shape index (κ1) is 16.9. The Morgan fingerprint density at radius 2 is 2.00 bits per heavy atom. The van der Waals surface area contributed by atoms with Crippen LogP contribution in [0.4, 0.5) is 4.39 Å². The van der Waals surface area contributed by atoms with Crippen LogP contribution in [0.1, 0.15) is 17.3 Å². The highest BCUT2D eigenvalue weighted by Gasteiger charge is 2.17. The first-order valence-corrected chi connectivity index (χ1v) is 7.38. The summed E-state index contributed by atoms with van der Waals surface area (Å²) in [4.78, 5) is 27.6. The number of nitrogens with zero attached hydrogens (tertiary/aromatic N) is 1. The highest BCUT2D eigenvalue weighted by Crippen LogP contribution is 2.16. The van der Waals surface area contributed by atoms with Gasteiger partial charge in [-0.05, 0) is 41.1 Å².